The van der Waals surface area contributed by atoms with Gasteiger partial charge in [0, 0.05) is 23.6 Å². The number of hydrogen-bond acceptors (Lipinski definition) is 4. The summed E-state index contributed by atoms with van der Waals surface area (Å²) in [6, 6.07) is 8.37. The smallest absolute Gasteiger partial charge is 0.138 e. The third-order valence-corrected chi connectivity index (χ3v) is 4.27. The topological polar surface area (TPSA) is 50.9 Å². The van der Waals surface area contributed by atoms with Crippen molar-refractivity contribution in [2.24, 2.45) is 5.92 Å². The first-order valence-corrected chi connectivity index (χ1v) is 8.27. The van der Waals surface area contributed by atoms with Gasteiger partial charge in [-0.1, -0.05) is 31.5 Å². The number of aliphatic hydroxyl groups excluding tert-OH is 1. The molecule has 0 radical (unpaired) electrons. The lowest BCUT2D eigenvalue weighted by Crippen LogP contribution is -2.19. The zero-order valence-corrected chi connectivity index (χ0v) is 13.7. The van der Waals surface area contributed by atoms with Gasteiger partial charge in [0.15, 0.2) is 0 Å². The van der Waals surface area contributed by atoms with Gasteiger partial charge in [0.2, 0.25) is 0 Å². The van der Waals surface area contributed by atoms with Gasteiger partial charge in [-0.05, 0) is 25.0 Å². The van der Waals surface area contributed by atoms with Crippen LogP contribution in [0.4, 0.5) is 0 Å². The Bertz CT molecular complexity index is 551. The van der Waals surface area contributed by atoms with E-state index < -0.39 is 6.10 Å². The summed E-state index contributed by atoms with van der Waals surface area (Å²) in [5.41, 5.74) is 1.25. The molecule has 1 aromatic carbocycles. The van der Waals surface area contributed by atoms with Crippen molar-refractivity contribution >= 4 is 11.8 Å². The molecule has 1 atom stereocenters. The molecule has 0 aliphatic rings. The number of rotatable bonds is 7. The molecular formula is C16H23N3OS. The first-order valence-electron chi connectivity index (χ1n) is 7.29. The van der Waals surface area contributed by atoms with Crippen LogP contribution < -0.4 is 0 Å². The van der Waals surface area contributed by atoms with Crippen LogP contribution in [0.1, 0.15) is 25.2 Å². The van der Waals surface area contributed by atoms with Gasteiger partial charge in [-0.2, -0.15) is 5.10 Å². The molecule has 0 fully saturated rings. The Hall–Kier alpha value is -1.33. The summed E-state index contributed by atoms with van der Waals surface area (Å²) in [6.07, 6.45) is 1.70. The summed E-state index contributed by atoms with van der Waals surface area (Å²) in [5, 5.41) is 14.4. The molecule has 0 aliphatic carbocycles. The van der Waals surface area contributed by atoms with E-state index in [0.717, 1.165) is 12.4 Å². The highest BCUT2D eigenvalue weighted by atomic mass is 32.2. The SMILES string of the molecule is Cc1ccc(SCC(O)Cc2ncnn2CC(C)C)cc1. The van der Waals surface area contributed by atoms with Crippen molar-refractivity contribution in [1.29, 1.82) is 0 Å². The van der Waals surface area contributed by atoms with E-state index in [4.69, 9.17) is 0 Å². The summed E-state index contributed by atoms with van der Waals surface area (Å²) in [6.45, 7) is 7.21. The molecule has 0 amide bonds. The molecule has 0 bridgehead atoms. The Balaban J connectivity index is 1.85. The van der Waals surface area contributed by atoms with Crippen LogP contribution in [0.2, 0.25) is 0 Å². The van der Waals surface area contributed by atoms with Crippen molar-refractivity contribution in [3.63, 3.8) is 0 Å². The van der Waals surface area contributed by atoms with Gasteiger partial charge < -0.3 is 5.11 Å². The Kier molecular flexibility index (Phi) is 5.82. The molecule has 2 rings (SSSR count). The number of aromatic nitrogens is 3. The number of benzene rings is 1. The van der Waals surface area contributed by atoms with E-state index in [1.807, 2.05) is 4.68 Å². The average molecular weight is 305 g/mol. The molecule has 1 N–H and O–H groups in total. The van der Waals surface area contributed by atoms with Crippen molar-refractivity contribution in [2.75, 3.05) is 5.75 Å². The van der Waals surface area contributed by atoms with Crippen LogP contribution >= 0.6 is 11.8 Å². The lowest BCUT2D eigenvalue weighted by atomic mass is 10.2. The highest BCUT2D eigenvalue weighted by Crippen LogP contribution is 2.20. The van der Waals surface area contributed by atoms with Crippen LogP contribution in [0, 0.1) is 12.8 Å². The largest absolute Gasteiger partial charge is 0.392 e. The minimum absolute atomic E-state index is 0.411. The molecule has 5 heteroatoms. The average Bonchev–Trinajstić information content (AvgIpc) is 2.84. The normalized spacial score (nSPS) is 12.8. The molecule has 114 valence electrons. The fourth-order valence-corrected chi connectivity index (χ4v) is 2.87. The summed E-state index contributed by atoms with van der Waals surface area (Å²) in [7, 11) is 0. The molecule has 0 saturated carbocycles. The second-order valence-electron chi connectivity index (χ2n) is 5.73. The van der Waals surface area contributed by atoms with Gasteiger partial charge >= 0.3 is 0 Å². The van der Waals surface area contributed by atoms with Crippen LogP contribution in [-0.4, -0.2) is 31.7 Å². The summed E-state index contributed by atoms with van der Waals surface area (Å²) >= 11 is 1.67. The monoisotopic (exact) mass is 305 g/mol. The second kappa shape index (κ2) is 7.61. The zero-order chi connectivity index (χ0) is 15.2. The van der Waals surface area contributed by atoms with Gasteiger partial charge in [-0.15, -0.1) is 11.8 Å². The van der Waals surface area contributed by atoms with E-state index in [0.29, 0.717) is 18.1 Å². The predicted octanol–water partition coefficient (Wildman–Crippen LogP) is 2.94. The summed E-state index contributed by atoms with van der Waals surface area (Å²) < 4.78 is 1.89. The maximum absolute atomic E-state index is 10.2. The quantitative estimate of drug-likeness (QED) is 0.799. The van der Waals surface area contributed by atoms with Crippen molar-refractivity contribution in [3.05, 3.63) is 42.0 Å². The van der Waals surface area contributed by atoms with Gasteiger partial charge in [-0.3, -0.25) is 0 Å². The lowest BCUT2D eigenvalue weighted by molar-refractivity contribution is 0.195. The molecule has 0 aliphatic heterocycles. The van der Waals surface area contributed by atoms with Crippen LogP contribution in [0.25, 0.3) is 0 Å². The van der Waals surface area contributed by atoms with Crippen molar-refractivity contribution < 1.29 is 5.11 Å². The first-order chi connectivity index (χ1) is 10.0. The second-order valence-corrected chi connectivity index (χ2v) is 6.83. The first kappa shape index (κ1) is 16.0. The molecule has 0 spiro atoms. The fourth-order valence-electron chi connectivity index (χ4n) is 2.04. The fraction of sp³-hybridized carbons (Fsp3) is 0.500. The third kappa shape index (κ3) is 5.17. The van der Waals surface area contributed by atoms with Crippen LogP contribution in [0.15, 0.2) is 35.5 Å². The minimum Gasteiger partial charge on any atom is -0.392 e. The van der Waals surface area contributed by atoms with E-state index in [-0.39, 0.29) is 0 Å². The van der Waals surface area contributed by atoms with E-state index >= 15 is 0 Å². The Morgan fingerprint density at radius 3 is 2.62 bits per heavy atom. The summed E-state index contributed by atoms with van der Waals surface area (Å²) in [4.78, 5) is 5.44. The van der Waals surface area contributed by atoms with Crippen LogP contribution in [-0.2, 0) is 13.0 Å². The van der Waals surface area contributed by atoms with E-state index in [1.54, 1.807) is 18.1 Å². The van der Waals surface area contributed by atoms with Crippen LogP contribution in [0.5, 0.6) is 0 Å². The number of aryl methyl sites for hydroxylation is 1. The van der Waals surface area contributed by atoms with Crippen molar-refractivity contribution in [1.82, 2.24) is 14.8 Å². The van der Waals surface area contributed by atoms with Gasteiger partial charge in [0.05, 0.1) is 6.10 Å². The molecule has 1 aromatic heterocycles. The molecule has 1 unspecified atom stereocenters. The number of nitrogens with zero attached hydrogens (tertiary/aromatic N) is 3. The number of hydrogen-bond donors (Lipinski definition) is 1. The molecule has 2 aromatic rings. The Labute approximate surface area is 130 Å². The third-order valence-electron chi connectivity index (χ3n) is 3.12. The number of aliphatic hydroxyl groups is 1. The predicted molar refractivity (Wildman–Crippen MR) is 86.5 cm³/mol. The highest BCUT2D eigenvalue weighted by Gasteiger charge is 2.12. The van der Waals surface area contributed by atoms with Crippen LogP contribution in [0.3, 0.4) is 0 Å². The van der Waals surface area contributed by atoms with E-state index in [2.05, 4.69) is 55.1 Å². The summed E-state index contributed by atoms with van der Waals surface area (Å²) in [5.74, 6) is 2.04. The zero-order valence-electron chi connectivity index (χ0n) is 12.9. The molecular weight excluding hydrogens is 282 g/mol. The molecule has 21 heavy (non-hydrogen) atoms. The molecule has 0 saturated heterocycles. The Morgan fingerprint density at radius 2 is 1.95 bits per heavy atom. The standard InChI is InChI=1S/C16H23N3OS/c1-12(2)9-19-16(17-11-18-19)8-14(20)10-21-15-6-4-13(3)5-7-15/h4-7,11-12,14,20H,8-10H2,1-3H3. The lowest BCUT2D eigenvalue weighted by Gasteiger charge is -2.12. The number of thioether (sulfide) groups is 1. The Morgan fingerprint density at radius 1 is 1.24 bits per heavy atom. The molecule has 1 heterocycles. The van der Waals surface area contributed by atoms with Gasteiger partial charge in [0.1, 0.15) is 12.2 Å². The van der Waals surface area contributed by atoms with Gasteiger partial charge in [0.25, 0.3) is 0 Å². The van der Waals surface area contributed by atoms with Crippen molar-refractivity contribution in [3.8, 4) is 0 Å². The highest BCUT2D eigenvalue weighted by molar-refractivity contribution is 7.99. The van der Waals surface area contributed by atoms with E-state index in [1.165, 1.54) is 10.5 Å². The minimum atomic E-state index is -0.411. The van der Waals surface area contributed by atoms with E-state index in [9.17, 15) is 5.11 Å². The van der Waals surface area contributed by atoms with Gasteiger partial charge in [-0.25, -0.2) is 9.67 Å². The maximum atomic E-state index is 10.2. The maximum Gasteiger partial charge on any atom is 0.138 e. The molecule has 4 nitrogen and oxygen atoms in total. The van der Waals surface area contributed by atoms with Crippen molar-refractivity contribution in [2.45, 2.75) is 44.7 Å².